The van der Waals surface area contributed by atoms with Gasteiger partial charge in [-0.05, 0) is 26.0 Å². The Morgan fingerprint density at radius 1 is 1.27 bits per heavy atom. The van der Waals surface area contributed by atoms with E-state index in [0.717, 1.165) is 0 Å². The molecule has 1 amide bonds. The molecule has 0 spiro atoms. The highest BCUT2D eigenvalue weighted by Crippen LogP contribution is 2.27. The summed E-state index contributed by atoms with van der Waals surface area (Å²) in [5.74, 6) is 0.988. The fourth-order valence-electron chi connectivity index (χ4n) is 1.04. The number of hydrogen-bond acceptors (Lipinski definition) is 3. The van der Waals surface area contributed by atoms with Crippen molar-refractivity contribution in [2.45, 2.75) is 20.0 Å². The first-order chi connectivity index (χ1) is 7.13. The molecule has 4 heteroatoms. The summed E-state index contributed by atoms with van der Waals surface area (Å²) < 4.78 is 10.5. The number of amides is 1. The summed E-state index contributed by atoms with van der Waals surface area (Å²) in [5, 5.41) is 2.38. The summed E-state index contributed by atoms with van der Waals surface area (Å²) in [6.07, 6.45) is -0.464. The van der Waals surface area contributed by atoms with Gasteiger partial charge in [0.2, 0.25) is 0 Å². The molecule has 0 atom stereocenters. The first-order valence-electron chi connectivity index (χ1n) is 4.78. The molecule has 0 aromatic heterocycles. The normalized spacial score (nSPS) is 9.87. The van der Waals surface area contributed by atoms with Crippen molar-refractivity contribution in [3.63, 3.8) is 0 Å². The Hall–Kier alpha value is -1.71. The Labute approximate surface area is 89.2 Å². The molecule has 1 N–H and O–H groups in total. The van der Waals surface area contributed by atoms with Crippen LogP contribution in [0.2, 0.25) is 0 Å². The summed E-state index contributed by atoms with van der Waals surface area (Å²) in [4.78, 5) is 11.0. The van der Waals surface area contributed by atoms with Crippen LogP contribution in [0.1, 0.15) is 13.8 Å². The molecular formula is C11H15NO3. The first kappa shape index (κ1) is 11.4. The molecule has 0 radical (unpaired) electrons. The lowest BCUT2D eigenvalue weighted by Crippen LogP contribution is -2.22. The molecule has 1 aromatic carbocycles. The molecule has 82 valence electrons. The Morgan fingerprint density at radius 2 is 1.87 bits per heavy atom. The molecule has 0 bridgehead atoms. The van der Waals surface area contributed by atoms with Crippen LogP contribution in [0.15, 0.2) is 24.3 Å². The molecule has 0 saturated carbocycles. The van der Waals surface area contributed by atoms with Crippen LogP contribution in [0, 0.1) is 0 Å². The maximum absolute atomic E-state index is 11.0. The number of benzene rings is 1. The molecule has 0 aliphatic carbocycles. The zero-order valence-electron chi connectivity index (χ0n) is 9.11. The highest BCUT2D eigenvalue weighted by atomic mass is 16.8. The van der Waals surface area contributed by atoms with Crippen molar-refractivity contribution in [1.29, 1.82) is 0 Å². The largest absolute Gasteiger partial charge is 0.487 e. The minimum atomic E-state index is -0.505. The first-order valence-corrected chi connectivity index (χ1v) is 4.78. The van der Waals surface area contributed by atoms with Crippen LogP contribution in [-0.4, -0.2) is 19.2 Å². The maximum atomic E-state index is 11.0. The fourth-order valence-corrected chi connectivity index (χ4v) is 1.04. The van der Waals surface area contributed by atoms with E-state index in [1.165, 1.54) is 7.05 Å². The molecule has 0 aliphatic rings. The van der Waals surface area contributed by atoms with Gasteiger partial charge in [-0.25, -0.2) is 4.79 Å². The smallest absolute Gasteiger partial charge is 0.412 e. The highest BCUT2D eigenvalue weighted by Gasteiger charge is 2.09. The Bertz CT molecular complexity index is 336. The number of carbonyl (C=O) groups is 1. The predicted octanol–water partition coefficient (Wildman–Crippen LogP) is 2.19. The molecule has 1 aromatic rings. The second kappa shape index (κ2) is 5.24. The topological polar surface area (TPSA) is 47.6 Å². The minimum absolute atomic E-state index is 0.0411. The van der Waals surface area contributed by atoms with Gasteiger partial charge in [-0.1, -0.05) is 12.1 Å². The highest BCUT2D eigenvalue weighted by molar-refractivity contribution is 5.70. The predicted molar refractivity (Wildman–Crippen MR) is 57.3 cm³/mol. The van der Waals surface area contributed by atoms with Crippen molar-refractivity contribution in [1.82, 2.24) is 5.32 Å². The van der Waals surface area contributed by atoms with Gasteiger partial charge in [-0.15, -0.1) is 0 Å². The average Bonchev–Trinajstić information content (AvgIpc) is 2.20. The van der Waals surface area contributed by atoms with Crippen molar-refractivity contribution in [2.75, 3.05) is 7.05 Å². The lowest BCUT2D eigenvalue weighted by Gasteiger charge is -2.13. The Morgan fingerprint density at radius 3 is 2.40 bits per heavy atom. The van der Waals surface area contributed by atoms with Crippen molar-refractivity contribution < 1.29 is 14.3 Å². The van der Waals surface area contributed by atoms with Crippen LogP contribution in [0.4, 0.5) is 4.79 Å². The molecule has 1 rings (SSSR count). The van der Waals surface area contributed by atoms with Gasteiger partial charge in [-0.3, -0.25) is 0 Å². The van der Waals surface area contributed by atoms with Crippen LogP contribution in [0.25, 0.3) is 0 Å². The fraction of sp³-hybridized carbons (Fsp3) is 0.364. The molecule has 4 nitrogen and oxygen atoms in total. The quantitative estimate of drug-likeness (QED) is 0.833. The van der Waals surface area contributed by atoms with E-state index in [-0.39, 0.29) is 6.10 Å². The maximum Gasteiger partial charge on any atom is 0.412 e. The van der Waals surface area contributed by atoms with Crippen LogP contribution in [-0.2, 0) is 0 Å². The van der Waals surface area contributed by atoms with Crippen molar-refractivity contribution >= 4 is 6.09 Å². The van der Waals surface area contributed by atoms with Crippen LogP contribution in [0.5, 0.6) is 11.5 Å². The molecule has 0 fully saturated rings. The van der Waals surface area contributed by atoms with Crippen molar-refractivity contribution in [3.8, 4) is 11.5 Å². The number of carbonyl (C=O) groups excluding carboxylic acids is 1. The summed E-state index contributed by atoms with van der Waals surface area (Å²) in [6, 6.07) is 7.06. The van der Waals surface area contributed by atoms with E-state index < -0.39 is 6.09 Å². The van der Waals surface area contributed by atoms with Gasteiger partial charge in [0.15, 0.2) is 11.5 Å². The average molecular weight is 211 g/mol. The minimum Gasteiger partial charge on any atom is -0.487 e. The third-order valence-electron chi connectivity index (χ3n) is 1.62. The molecule has 0 aliphatic heterocycles. The van der Waals surface area contributed by atoms with E-state index in [1.54, 1.807) is 18.2 Å². The summed E-state index contributed by atoms with van der Waals surface area (Å²) in [5.41, 5.74) is 0. The van der Waals surface area contributed by atoms with E-state index in [1.807, 2.05) is 19.9 Å². The second-order valence-electron chi connectivity index (χ2n) is 3.25. The number of nitrogens with one attached hydrogen (secondary N) is 1. The molecule has 15 heavy (non-hydrogen) atoms. The third-order valence-corrected chi connectivity index (χ3v) is 1.62. The van der Waals surface area contributed by atoms with Gasteiger partial charge >= 0.3 is 6.09 Å². The van der Waals surface area contributed by atoms with Gasteiger partial charge < -0.3 is 14.8 Å². The lowest BCUT2D eigenvalue weighted by molar-refractivity contribution is 0.194. The van der Waals surface area contributed by atoms with Gasteiger partial charge in [0.25, 0.3) is 0 Å². The van der Waals surface area contributed by atoms with E-state index in [4.69, 9.17) is 9.47 Å². The van der Waals surface area contributed by atoms with Crippen molar-refractivity contribution in [2.24, 2.45) is 0 Å². The van der Waals surface area contributed by atoms with Crippen LogP contribution < -0.4 is 14.8 Å². The zero-order valence-corrected chi connectivity index (χ0v) is 9.11. The van der Waals surface area contributed by atoms with Gasteiger partial charge in [0.05, 0.1) is 6.10 Å². The SMILES string of the molecule is CN[14C](=O)Oc1ccccc1OC(C)C. The number of hydrogen-bond donors (Lipinski definition) is 1. The number of para-hydroxylation sites is 2. The standard InChI is InChI=1S/C11H15NO3/c1-8(2)14-9-6-4-5-7-10(9)15-11(13)12-3/h4-8H,1-3H3,(H,12,13)/i11+2. The van der Waals surface area contributed by atoms with Gasteiger partial charge in [0.1, 0.15) is 0 Å². The number of rotatable bonds is 3. The molecule has 0 unspecified atom stereocenters. The Balaban J connectivity index is 2.81. The number of ether oxygens (including phenoxy) is 2. The monoisotopic (exact) mass is 211 g/mol. The lowest BCUT2D eigenvalue weighted by atomic mass is 10.3. The molecular weight excluding hydrogens is 196 g/mol. The van der Waals surface area contributed by atoms with E-state index in [9.17, 15) is 4.79 Å². The zero-order chi connectivity index (χ0) is 11.3. The second-order valence-corrected chi connectivity index (χ2v) is 3.25. The van der Waals surface area contributed by atoms with E-state index >= 15 is 0 Å². The Kier molecular flexibility index (Phi) is 3.97. The molecule has 0 saturated heterocycles. The van der Waals surface area contributed by atoms with Crippen molar-refractivity contribution in [3.05, 3.63) is 24.3 Å². The summed E-state index contributed by atoms with van der Waals surface area (Å²) >= 11 is 0. The summed E-state index contributed by atoms with van der Waals surface area (Å²) in [7, 11) is 1.51. The summed E-state index contributed by atoms with van der Waals surface area (Å²) in [6.45, 7) is 3.83. The van der Waals surface area contributed by atoms with E-state index in [2.05, 4.69) is 5.32 Å². The van der Waals surface area contributed by atoms with Crippen LogP contribution >= 0.6 is 0 Å². The molecule has 0 heterocycles. The van der Waals surface area contributed by atoms with E-state index in [0.29, 0.717) is 11.5 Å². The van der Waals surface area contributed by atoms with Gasteiger partial charge in [0, 0.05) is 7.05 Å². The third kappa shape index (κ3) is 3.50. The van der Waals surface area contributed by atoms with Gasteiger partial charge in [-0.2, -0.15) is 0 Å². The van der Waals surface area contributed by atoms with Crippen LogP contribution in [0.3, 0.4) is 0 Å².